The summed E-state index contributed by atoms with van der Waals surface area (Å²) in [4.78, 5) is 49.7. The molecule has 256 valence electrons. The number of nitro benzene ring substituents is 1. The third-order valence-electron chi connectivity index (χ3n) is 6.76. The molecular formula is C28H49N3O12Si2. The van der Waals surface area contributed by atoms with Crippen molar-refractivity contribution in [1.82, 2.24) is 9.96 Å². The number of rotatable bonds is 11. The Morgan fingerprint density at radius 1 is 0.867 bits per heavy atom. The minimum Gasteiger partial charge on any atom is -0.480 e. The molecule has 2 aliphatic heterocycles. The molecule has 2 aliphatic rings. The average molecular weight is 676 g/mol. The van der Waals surface area contributed by atoms with E-state index in [-0.39, 0.29) is 17.9 Å². The van der Waals surface area contributed by atoms with E-state index in [0.717, 1.165) is 12.1 Å². The summed E-state index contributed by atoms with van der Waals surface area (Å²) in [5.74, 6) is -1.55. The lowest BCUT2D eigenvalue weighted by Gasteiger charge is -2.22. The van der Waals surface area contributed by atoms with Crippen LogP contribution in [0.4, 0.5) is 10.5 Å². The molecule has 15 nitrogen and oxygen atoms in total. The molecule has 4 N–H and O–H groups in total. The number of aliphatic hydroxyl groups is 2. The van der Waals surface area contributed by atoms with Gasteiger partial charge >= 0.3 is 18.1 Å². The maximum atomic E-state index is 11.4. The van der Waals surface area contributed by atoms with E-state index in [2.05, 4.69) is 39.3 Å². The molecule has 2 heterocycles. The largest absolute Gasteiger partial charge is 0.513 e. The summed E-state index contributed by atoms with van der Waals surface area (Å²) < 4.78 is 9.83. The van der Waals surface area contributed by atoms with Crippen LogP contribution in [0.15, 0.2) is 24.3 Å². The number of hydrogen-bond acceptors (Lipinski definition) is 12. The maximum Gasteiger partial charge on any atom is 0.513 e. The Labute approximate surface area is 265 Å². The van der Waals surface area contributed by atoms with E-state index in [4.69, 9.17) is 29.6 Å². The zero-order valence-corrected chi connectivity index (χ0v) is 29.2. The van der Waals surface area contributed by atoms with Gasteiger partial charge in [0.15, 0.2) is 0 Å². The van der Waals surface area contributed by atoms with Gasteiger partial charge in [0.1, 0.15) is 17.8 Å². The highest BCUT2D eigenvalue weighted by molar-refractivity contribution is 6.76. The smallest absolute Gasteiger partial charge is 0.480 e. The van der Waals surface area contributed by atoms with Crippen LogP contribution in [0.1, 0.15) is 12.8 Å². The second-order valence-corrected chi connectivity index (χ2v) is 24.7. The quantitative estimate of drug-likeness (QED) is 0.0872. The second kappa shape index (κ2) is 18.3. The number of β-amino-alcohol motifs (C(OH)–C–C–N with tert-alkyl or cyclic N) is 2. The summed E-state index contributed by atoms with van der Waals surface area (Å²) in [5.41, 5.74) is -0.0561. The van der Waals surface area contributed by atoms with Gasteiger partial charge in [-0.25, -0.2) is 4.79 Å². The highest BCUT2D eigenvalue weighted by Crippen LogP contribution is 2.20. The lowest BCUT2D eigenvalue weighted by Crippen LogP contribution is -2.37. The third-order valence-corrected chi connectivity index (χ3v) is 10.2. The lowest BCUT2D eigenvalue weighted by atomic mass is 10.2. The van der Waals surface area contributed by atoms with Gasteiger partial charge in [-0.3, -0.25) is 29.4 Å². The average Bonchev–Trinajstić information content (AvgIpc) is 3.44. The fourth-order valence-corrected chi connectivity index (χ4v) is 5.50. The molecule has 0 spiro atoms. The topological polar surface area (TPSA) is 209 Å². The molecular weight excluding hydrogens is 626 g/mol. The number of non-ortho nitro benzene ring substituents is 1. The van der Waals surface area contributed by atoms with E-state index in [1.165, 1.54) is 29.3 Å². The minimum atomic E-state index is -1.24. The number of carboxylic acids is 2. The van der Waals surface area contributed by atoms with Gasteiger partial charge in [-0.15, -0.1) is 0 Å². The van der Waals surface area contributed by atoms with Crippen LogP contribution in [0.5, 0.6) is 5.75 Å². The fourth-order valence-electron chi connectivity index (χ4n) is 4.08. The Morgan fingerprint density at radius 2 is 1.36 bits per heavy atom. The fraction of sp³-hybridized carbons (Fsp3) is 0.679. The first-order valence-electron chi connectivity index (χ1n) is 14.7. The predicted molar refractivity (Wildman–Crippen MR) is 171 cm³/mol. The molecule has 0 aliphatic carbocycles. The van der Waals surface area contributed by atoms with Crippen LogP contribution in [0.25, 0.3) is 0 Å². The van der Waals surface area contributed by atoms with Crippen LogP contribution in [0.3, 0.4) is 0 Å². The van der Waals surface area contributed by atoms with Crippen LogP contribution in [-0.4, -0.2) is 127 Å². The SMILES string of the molecule is CN1C[C@@H](O)CC1C(=O)O.C[Si](C)(C)CCOC(=O)Oc1ccc([N+](=O)[O-])cc1.C[Si](C)(C)CCON1C[C@@H](O)CC1C(=O)O. The number of nitro groups is 1. The summed E-state index contributed by atoms with van der Waals surface area (Å²) >= 11 is 0. The van der Waals surface area contributed by atoms with E-state index in [0.29, 0.717) is 32.7 Å². The van der Waals surface area contributed by atoms with Crippen LogP contribution in [-0.2, 0) is 19.2 Å². The third kappa shape index (κ3) is 16.8. The van der Waals surface area contributed by atoms with Crippen molar-refractivity contribution < 1.29 is 54.0 Å². The molecule has 0 amide bonds. The predicted octanol–water partition coefficient (Wildman–Crippen LogP) is 3.36. The number of nitrogens with zero attached hydrogens (tertiary/aromatic N) is 3. The number of carbonyl (C=O) groups is 3. The number of aliphatic carboxylic acids is 2. The minimum absolute atomic E-state index is 0.0561. The molecule has 0 bridgehead atoms. The number of likely N-dealkylation sites (N-methyl/N-ethyl adjacent to an activating group) is 1. The molecule has 3 rings (SSSR count). The first-order valence-corrected chi connectivity index (χ1v) is 22.1. The van der Waals surface area contributed by atoms with Gasteiger partial charge in [0, 0.05) is 47.7 Å². The highest BCUT2D eigenvalue weighted by Gasteiger charge is 2.37. The van der Waals surface area contributed by atoms with E-state index in [9.17, 15) is 29.6 Å². The second-order valence-electron chi connectivity index (χ2n) is 13.4. The van der Waals surface area contributed by atoms with Crippen molar-refractivity contribution in [1.29, 1.82) is 0 Å². The number of hydrogen-bond donors (Lipinski definition) is 4. The number of ether oxygens (including phenoxy) is 2. The molecule has 17 heteroatoms. The standard InChI is InChI=1S/C12H17NO5Si.C10H21NO4Si.C6H11NO3/c1-19(2,3)9-8-17-12(14)18-11-6-4-10(5-7-11)13(15)16;1-16(2,3)5-4-15-11-7-8(12)6-9(11)10(13)14;1-7-3-4(8)2-5(7)6(9)10/h4-7H,8-9H2,1-3H3;8-9,12H,4-7H2,1-3H3,(H,13,14);4-5,8H,2-3H2,1H3,(H,9,10)/t;8-,9?;4-,5?/m.00/s1. The Hall–Kier alpha value is -2.94. The zero-order chi connectivity index (χ0) is 34.5. The number of benzene rings is 1. The normalized spacial score (nSPS) is 22.0. The number of carbonyl (C=O) groups excluding carboxylic acids is 1. The van der Waals surface area contributed by atoms with Crippen LogP contribution >= 0.6 is 0 Å². The van der Waals surface area contributed by atoms with Gasteiger partial charge in [0.2, 0.25) is 0 Å². The number of carboxylic acid groups (broad SMARTS) is 2. The Bertz CT molecular complexity index is 1110. The van der Waals surface area contributed by atoms with E-state index >= 15 is 0 Å². The Morgan fingerprint density at radius 3 is 1.78 bits per heavy atom. The van der Waals surface area contributed by atoms with Crippen molar-refractivity contribution in [2.75, 3.05) is 33.4 Å². The van der Waals surface area contributed by atoms with Crippen molar-refractivity contribution in [3.63, 3.8) is 0 Å². The molecule has 0 aromatic heterocycles. The van der Waals surface area contributed by atoms with Crippen molar-refractivity contribution in [3.05, 3.63) is 34.4 Å². The van der Waals surface area contributed by atoms with Gasteiger partial charge < -0.3 is 29.9 Å². The van der Waals surface area contributed by atoms with Crippen molar-refractivity contribution in [2.24, 2.45) is 0 Å². The first-order chi connectivity index (χ1) is 20.7. The van der Waals surface area contributed by atoms with E-state index in [1.807, 2.05) is 0 Å². The summed E-state index contributed by atoms with van der Waals surface area (Å²) in [6, 6.07) is 5.92. The van der Waals surface area contributed by atoms with E-state index < -0.39 is 63.5 Å². The van der Waals surface area contributed by atoms with Crippen LogP contribution in [0.2, 0.25) is 51.4 Å². The Balaban J connectivity index is 0.000000353. The summed E-state index contributed by atoms with van der Waals surface area (Å²) in [6.07, 6.45) is -1.24. The zero-order valence-electron chi connectivity index (χ0n) is 27.2. The molecule has 0 radical (unpaired) electrons. The molecule has 0 saturated carbocycles. The summed E-state index contributed by atoms with van der Waals surface area (Å²) in [5, 5.41) is 47.8. The van der Waals surface area contributed by atoms with Crippen LogP contribution in [0, 0.1) is 10.1 Å². The molecule has 4 atom stereocenters. The van der Waals surface area contributed by atoms with Gasteiger partial charge in [-0.2, -0.15) is 5.06 Å². The summed E-state index contributed by atoms with van der Waals surface area (Å²) in [6.45, 7) is 14.9. The maximum absolute atomic E-state index is 11.4. The summed E-state index contributed by atoms with van der Waals surface area (Å²) in [7, 11) is -0.697. The molecule has 2 saturated heterocycles. The number of aliphatic hydroxyl groups excluding tert-OH is 2. The molecule has 2 fully saturated rings. The van der Waals surface area contributed by atoms with Gasteiger partial charge in [0.05, 0.1) is 36.9 Å². The Kier molecular flexibility index (Phi) is 16.3. The molecule has 45 heavy (non-hydrogen) atoms. The highest BCUT2D eigenvalue weighted by atomic mass is 28.3. The molecule has 1 aromatic carbocycles. The van der Waals surface area contributed by atoms with Gasteiger partial charge in [-0.05, 0) is 31.3 Å². The van der Waals surface area contributed by atoms with Gasteiger partial charge in [-0.1, -0.05) is 39.3 Å². The van der Waals surface area contributed by atoms with Crippen molar-refractivity contribution in [3.8, 4) is 5.75 Å². The number of likely N-dealkylation sites (tertiary alicyclic amines) is 1. The van der Waals surface area contributed by atoms with E-state index in [1.54, 1.807) is 11.9 Å². The van der Waals surface area contributed by atoms with Crippen LogP contribution < -0.4 is 4.74 Å². The first kappa shape index (κ1) is 40.1. The molecule has 1 aromatic rings. The lowest BCUT2D eigenvalue weighted by molar-refractivity contribution is -0.384. The van der Waals surface area contributed by atoms with Crippen molar-refractivity contribution >= 4 is 39.9 Å². The number of hydroxylamine groups is 2. The van der Waals surface area contributed by atoms with Crippen molar-refractivity contribution in [2.45, 2.75) is 88.5 Å². The monoisotopic (exact) mass is 675 g/mol. The van der Waals surface area contributed by atoms with Gasteiger partial charge in [0.25, 0.3) is 5.69 Å². The molecule has 2 unspecified atom stereocenters.